The zero-order valence-corrected chi connectivity index (χ0v) is 7.27. The van der Waals surface area contributed by atoms with E-state index in [0.29, 0.717) is 5.69 Å². The number of aromatic hydroxyl groups is 1. The SMILES string of the molecule is O=Cc1[nH]ncc1-c1ccc(O)cc1. The molecule has 2 aromatic rings. The summed E-state index contributed by atoms with van der Waals surface area (Å²) in [4.78, 5) is 10.6. The molecule has 0 amide bonds. The molecular formula is C10H8N2O2. The van der Waals surface area contributed by atoms with Gasteiger partial charge in [0.05, 0.1) is 6.20 Å². The molecule has 4 heteroatoms. The third-order valence-electron chi connectivity index (χ3n) is 1.96. The standard InChI is InChI=1S/C10H8N2O2/c13-6-10-9(5-11-12-10)7-1-3-8(14)4-2-7/h1-6,14H,(H,11,12). The largest absolute Gasteiger partial charge is 0.508 e. The molecule has 1 heterocycles. The summed E-state index contributed by atoms with van der Waals surface area (Å²) in [6.07, 6.45) is 2.30. The Morgan fingerprint density at radius 1 is 1.29 bits per heavy atom. The van der Waals surface area contributed by atoms with Crippen LogP contribution in [0.5, 0.6) is 5.75 Å². The second-order valence-corrected chi connectivity index (χ2v) is 2.86. The van der Waals surface area contributed by atoms with Gasteiger partial charge in [0.1, 0.15) is 11.4 Å². The van der Waals surface area contributed by atoms with E-state index in [4.69, 9.17) is 5.11 Å². The molecule has 0 saturated heterocycles. The van der Waals surface area contributed by atoms with E-state index in [1.807, 2.05) is 0 Å². The zero-order valence-electron chi connectivity index (χ0n) is 7.27. The number of benzene rings is 1. The van der Waals surface area contributed by atoms with Crippen molar-refractivity contribution in [2.24, 2.45) is 0 Å². The highest BCUT2D eigenvalue weighted by Crippen LogP contribution is 2.22. The Morgan fingerprint density at radius 2 is 2.00 bits per heavy atom. The van der Waals surface area contributed by atoms with E-state index in [2.05, 4.69) is 10.2 Å². The number of H-pyrrole nitrogens is 1. The lowest BCUT2D eigenvalue weighted by Gasteiger charge is -1.98. The molecule has 0 atom stereocenters. The smallest absolute Gasteiger partial charge is 0.168 e. The van der Waals surface area contributed by atoms with Crippen LogP contribution in [0.1, 0.15) is 10.5 Å². The molecule has 0 aliphatic heterocycles. The van der Waals surface area contributed by atoms with Gasteiger partial charge in [-0.15, -0.1) is 0 Å². The molecule has 0 saturated carbocycles. The Bertz CT molecular complexity index is 445. The van der Waals surface area contributed by atoms with Crippen molar-refractivity contribution in [3.63, 3.8) is 0 Å². The maximum atomic E-state index is 10.6. The second-order valence-electron chi connectivity index (χ2n) is 2.86. The van der Waals surface area contributed by atoms with Gasteiger partial charge in [0, 0.05) is 5.56 Å². The number of aldehydes is 1. The van der Waals surface area contributed by atoms with Crippen LogP contribution in [0.2, 0.25) is 0 Å². The highest BCUT2D eigenvalue weighted by Gasteiger charge is 2.05. The Hall–Kier alpha value is -2.10. The first-order valence-electron chi connectivity index (χ1n) is 4.09. The molecule has 14 heavy (non-hydrogen) atoms. The minimum absolute atomic E-state index is 0.199. The van der Waals surface area contributed by atoms with Gasteiger partial charge in [-0.3, -0.25) is 9.89 Å². The van der Waals surface area contributed by atoms with Gasteiger partial charge in [-0.1, -0.05) is 12.1 Å². The fraction of sp³-hybridized carbons (Fsp3) is 0. The number of aromatic nitrogens is 2. The Balaban J connectivity index is 2.49. The van der Waals surface area contributed by atoms with E-state index < -0.39 is 0 Å². The first-order chi connectivity index (χ1) is 6.81. The van der Waals surface area contributed by atoms with Crippen molar-refractivity contribution in [2.45, 2.75) is 0 Å². The lowest BCUT2D eigenvalue weighted by atomic mass is 10.1. The van der Waals surface area contributed by atoms with Crippen molar-refractivity contribution in [3.8, 4) is 16.9 Å². The number of aromatic amines is 1. The number of phenols is 1. The maximum Gasteiger partial charge on any atom is 0.168 e. The van der Waals surface area contributed by atoms with Crippen molar-refractivity contribution in [2.75, 3.05) is 0 Å². The molecule has 1 aromatic heterocycles. The van der Waals surface area contributed by atoms with Crippen molar-refractivity contribution in [1.82, 2.24) is 10.2 Å². The third-order valence-corrected chi connectivity index (χ3v) is 1.96. The number of phenolic OH excluding ortho intramolecular Hbond substituents is 1. The van der Waals surface area contributed by atoms with Crippen molar-refractivity contribution >= 4 is 6.29 Å². The quantitative estimate of drug-likeness (QED) is 0.703. The number of carbonyl (C=O) groups is 1. The molecular weight excluding hydrogens is 180 g/mol. The number of rotatable bonds is 2. The molecule has 2 N–H and O–H groups in total. The molecule has 4 nitrogen and oxygen atoms in total. The van der Waals surface area contributed by atoms with Crippen LogP contribution in [0.15, 0.2) is 30.5 Å². The van der Waals surface area contributed by atoms with Crippen LogP contribution >= 0.6 is 0 Å². The van der Waals surface area contributed by atoms with Gasteiger partial charge in [-0.25, -0.2) is 0 Å². The Morgan fingerprint density at radius 3 is 2.64 bits per heavy atom. The summed E-state index contributed by atoms with van der Waals surface area (Å²) in [6.45, 7) is 0. The van der Waals surface area contributed by atoms with E-state index in [1.165, 1.54) is 0 Å². The summed E-state index contributed by atoms with van der Waals surface area (Å²) in [7, 11) is 0. The topological polar surface area (TPSA) is 66.0 Å². The highest BCUT2D eigenvalue weighted by atomic mass is 16.3. The lowest BCUT2D eigenvalue weighted by molar-refractivity contribution is 0.111. The predicted octanol–water partition coefficient (Wildman–Crippen LogP) is 1.59. The van der Waals surface area contributed by atoms with Crippen molar-refractivity contribution in [1.29, 1.82) is 0 Å². The van der Waals surface area contributed by atoms with Crippen LogP contribution in [-0.2, 0) is 0 Å². The Labute approximate surface area is 80.2 Å². The van der Waals surface area contributed by atoms with Crippen LogP contribution in [0, 0.1) is 0 Å². The highest BCUT2D eigenvalue weighted by molar-refractivity contribution is 5.84. The van der Waals surface area contributed by atoms with Gasteiger partial charge in [-0.05, 0) is 17.7 Å². The van der Waals surface area contributed by atoms with Gasteiger partial charge in [0.15, 0.2) is 6.29 Å². The summed E-state index contributed by atoms with van der Waals surface area (Å²) in [6, 6.07) is 6.59. The van der Waals surface area contributed by atoms with Gasteiger partial charge >= 0.3 is 0 Å². The maximum absolute atomic E-state index is 10.6. The molecule has 0 radical (unpaired) electrons. The zero-order chi connectivity index (χ0) is 9.97. The predicted molar refractivity (Wildman–Crippen MR) is 51.1 cm³/mol. The molecule has 0 aliphatic carbocycles. The fourth-order valence-corrected chi connectivity index (χ4v) is 1.26. The van der Waals surface area contributed by atoms with E-state index in [9.17, 15) is 4.79 Å². The van der Waals surface area contributed by atoms with Crippen LogP contribution in [0.3, 0.4) is 0 Å². The van der Waals surface area contributed by atoms with Gasteiger partial charge < -0.3 is 5.11 Å². The molecule has 2 rings (SSSR count). The summed E-state index contributed by atoms with van der Waals surface area (Å²) < 4.78 is 0. The molecule has 0 fully saturated rings. The van der Waals surface area contributed by atoms with E-state index >= 15 is 0 Å². The van der Waals surface area contributed by atoms with Gasteiger partial charge in [-0.2, -0.15) is 5.10 Å². The lowest BCUT2D eigenvalue weighted by Crippen LogP contribution is -1.83. The first-order valence-corrected chi connectivity index (χ1v) is 4.09. The number of hydrogen-bond acceptors (Lipinski definition) is 3. The molecule has 0 bridgehead atoms. The average molecular weight is 188 g/mol. The summed E-state index contributed by atoms with van der Waals surface area (Å²) in [5.74, 6) is 0.199. The third kappa shape index (κ3) is 1.37. The van der Waals surface area contributed by atoms with Crippen LogP contribution < -0.4 is 0 Å². The number of hydrogen-bond donors (Lipinski definition) is 2. The van der Waals surface area contributed by atoms with Crippen LogP contribution in [0.25, 0.3) is 11.1 Å². The van der Waals surface area contributed by atoms with E-state index in [0.717, 1.165) is 17.4 Å². The van der Waals surface area contributed by atoms with Gasteiger partial charge in [0.25, 0.3) is 0 Å². The average Bonchev–Trinajstić information content (AvgIpc) is 2.67. The van der Waals surface area contributed by atoms with E-state index in [-0.39, 0.29) is 5.75 Å². The minimum Gasteiger partial charge on any atom is -0.508 e. The molecule has 0 spiro atoms. The Kier molecular flexibility index (Phi) is 2.02. The second kappa shape index (κ2) is 3.33. The number of carbonyl (C=O) groups excluding carboxylic acids is 1. The van der Waals surface area contributed by atoms with Crippen molar-refractivity contribution < 1.29 is 9.90 Å². The molecule has 0 unspecified atom stereocenters. The molecule has 1 aromatic carbocycles. The summed E-state index contributed by atoms with van der Waals surface area (Å²) in [5.41, 5.74) is 2.02. The first kappa shape index (κ1) is 8.50. The van der Waals surface area contributed by atoms with Gasteiger partial charge in [0.2, 0.25) is 0 Å². The number of nitrogens with one attached hydrogen (secondary N) is 1. The van der Waals surface area contributed by atoms with Crippen molar-refractivity contribution in [3.05, 3.63) is 36.2 Å². The van der Waals surface area contributed by atoms with Crippen LogP contribution in [-0.4, -0.2) is 21.6 Å². The van der Waals surface area contributed by atoms with Crippen LogP contribution in [0.4, 0.5) is 0 Å². The summed E-state index contributed by atoms with van der Waals surface area (Å²) >= 11 is 0. The fourth-order valence-electron chi connectivity index (χ4n) is 1.26. The monoisotopic (exact) mass is 188 g/mol. The summed E-state index contributed by atoms with van der Waals surface area (Å²) in [5, 5.41) is 15.4. The molecule has 0 aliphatic rings. The number of nitrogens with zero attached hydrogens (tertiary/aromatic N) is 1. The minimum atomic E-state index is 0.199. The molecule has 70 valence electrons. The van der Waals surface area contributed by atoms with E-state index in [1.54, 1.807) is 30.5 Å². The normalized spacial score (nSPS) is 10.0.